The molecule has 1 N–H and O–H groups in total. The van der Waals surface area contributed by atoms with Crippen molar-refractivity contribution in [3.05, 3.63) is 39.7 Å². The summed E-state index contributed by atoms with van der Waals surface area (Å²) in [5, 5.41) is 10.2. The molecule has 1 aliphatic rings. The summed E-state index contributed by atoms with van der Waals surface area (Å²) in [6.45, 7) is 5.58. The van der Waals surface area contributed by atoms with E-state index in [0.29, 0.717) is 30.8 Å². The molecule has 1 aromatic carbocycles. The number of rotatable bonds is 5. The highest BCUT2D eigenvalue weighted by Gasteiger charge is 2.27. The largest absolute Gasteiger partial charge is 0.483 e. The lowest BCUT2D eigenvalue weighted by molar-refractivity contribution is -0.136. The van der Waals surface area contributed by atoms with Crippen LogP contribution in [0.3, 0.4) is 0 Å². The van der Waals surface area contributed by atoms with Gasteiger partial charge in [-0.15, -0.1) is 0 Å². The molecule has 1 atom stereocenters. The van der Waals surface area contributed by atoms with E-state index in [-0.39, 0.29) is 30.8 Å². The maximum atomic E-state index is 12.6. The van der Waals surface area contributed by atoms with E-state index in [1.807, 2.05) is 31.9 Å². The van der Waals surface area contributed by atoms with Gasteiger partial charge in [-0.05, 0) is 43.7 Å². The van der Waals surface area contributed by atoms with Gasteiger partial charge in [0.25, 0.3) is 5.91 Å². The number of carbonyl (C=O) groups is 1. The predicted octanol–water partition coefficient (Wildman–Crippen LogP) is 1.18. The lowest BCUT2D eigenvalue weighted by Gasteiger charge is -2.38. The fourth-order valence-electron chi connectivity index (χ4n) is 3.46. The van der Waals surface area contributed by atoms with Crippen LogP contribution in [-0.2, 0) is 11.2 Å². The third kappa shape index (κ3) is 4.14. The number of fused-ring (bicyclic) bond motifs is 1. The third-order valence-corrected chi connectivity index (χ3v) is 5.11. The first-order valence-corrected chi connectivity index (χ1v) is 9.22. The molecule has 0 aliphatic carbocycles. The molecule has 0 spiro atoms. The van der Waals surface area contributed by atoms with E-state index in [9.17, 15) is 14.7 Å². The lowest BCUT2D eigenvalue weighted by Crippen LogP contribution is -2.55. The molecule has 1 aromatic heterocycles. The minimum absolute atomic E-state index is 0.0164. The predicted molar refractivity (Wildman–Crippen MR) is 102 cm³/mol. The number of likely N-dealkylation sites (N-methyl/N-ethyl adjacent to an activating group) is 1. The molecule has 7 heteroatoms. The second-order valence-electron chi connectivity index (χ2n) is 7.03. The Bertz CT molecular complexity index is 892. The average Bonchev–Trinajstić information content (AvgIpc) is 2.64. The summed E-state index contributed by atoms with van der Waals surface area (Å²) in [5.41, 5.74) is 1.81. The van der Waals surface area contributed by atoms with Crippen molar-refractivity contribution in [1.29, 1.82) is 0 Å². The number of aliphatic hydroxyl groups is 1. The Morgan fingerprint density at radius 3 is 2.81 bits per heavy atom. The van der Waals surface area contributed by atoms with E-state index in [1.165, 1.54) is 6.07 Å². The summed E-state index contributed by atoms with van der Waals surface area (Å²) in [5.74, 6) is 0.429. The Morgan fingerprint density at radius 1 is 1.33 bits per heavy atom. The van der Waals surface area contributed by atoms with Crippen LogP contribution in [0, 0.1) is 6.92 Å². The van der Waals surface area contributed by atoms with Crippen LogP contribution in [-0.4, -0.2) is 66.8 Å². The molecule has 1 saturated heterocycles. The van der Waals surface area contributed by atoms with Gasteiger partial charge in [-0.25, -0.2) is 4.79 Å². The fraction of sp³-hybridized carbons (Fsp3) is 0.500. The molecule has 2 aromatic rings. The van der Waals surface area contributed by atoms with Gasteiger partial charge in [0.15, 0.2) is 6.61 Å². The third-order valence-electron chi connectivity index (χ3n) is 5.11. The van der Waals surface area contributed by atoms with Crippen molar-refractivity contribution in [1.82, 2.24) is 9.80 Å². The number of amides is 1. The molecule has 1 unspecified atom stereocenters. The molecule has 1 amide bonds. The van der Waals surface area contributed by atoms with Gasteiger partial charge >= 0.3 is 5.63 Å². The zero-order valence-corrected chi connectivity index (χ0v) is 16.0. The molecule has 3 rings (SSSR count). The van der Waals surface area contributed by atoms with Gasteiger partial charge in [-0.3, -0.25) is 9.69 Å². The van der Waals surface area contributed by atoms with Crippen molar-refractivity contribution in [2.75, 3.05) is 39.9 Å². The van der Waals surface area contributed by atoms with E-state index in [4.69, 9.17) is 9.15 Å². The highest BCUT2D eigenvalue weighted by molar-refractivity contribution is 5.88. The standard InChI is InChI=1S/C20H26N2O5/c1-4-14-9-19(25)27-17-8-13(2)7-16(20(14)17)26-12-18(24)22-6-5-21(3)15(10-22)11-23/h7-9,15,23H,4-6,10-12H2,1-3H3. The van der Waals surface area contributed by atoms with Crippen LogP contribution in [0.4, 0.5) is 0 Å². The maximum Gasteiger partial charge on any atom is 0.336 e. The normalized spacial score (nSPS) is 18.1. The summed E-state index contributed by atoms with van der Waals surface area (Å²) in [4.78, 5) is 28.1. The number of aryl methyl sites for hydroxylation is 2. The van der Waals surface area contributed by atoms with Gasteiger partial charge < -0.3 is 19.2 Å². The first-order valence-electron chi connectivity index (χ1n) is 9.22. The number of hydrogen-bond donors (Lipinski definition) is 1. The van der Waals surface area contributed by atoms with Crippen molar-refractivity contribution < 1.29 is 19.1 Å². The molecule has 27 heavy (non-hydrogen) atoms. The summed E-state index contributed by atoms with van der Waals surface area (Å²) >= 11 is 0. The monoisotopic (exact) mass is 374 g/mol. The Hall–Kier alpha value is -2.38. The Labute approximate surface area is 158 Å². The molecule has 1 aliphatic heterocycles. The smallest absolute Gasteiger partial charge is 0.336 e. The Morgan fingerprint density at radius 2 is 2.11 bits per heavy atom. The molecule has 7 nitrogen and oxygen atoms in total. The summed E-state index contributed by atoms with van der Waals surface area (Å²) in [6.07, 6.45) is 0.659. The highest BCUT2D eigenvalue weighted by Crippen LogP contribution is 2.30. The summed E-state index contributed by atoms with van der Waals surface area (Å²) < 4.78 is 11.2. The Kier molecular flexibility index (Phi) is 5.82. The van der Waals surface area contributed by atoms with Crippen molar-refractivity contribution in [2.24, 2.45) is 0 Å². The van der Waals surface area contributed by atoms with Crippen molar-refractivity contribution in [2.45, 2.75) is 26.3 Å². The fourth-order valence-corrected chi connectivity index (χ4v) is 3.46. The quantitative estimate of drug-likeness (QED) is 0.792. The van der Waals surface area contributed by atoms with Crippen molar-refractivity contribution in [3.63, 3.8) is 0 Å². The maximum absolute atomic E-state index is 12.6. The van der Waals surface area contributed by atoms with Crippen LogP contribution in [0.25, 0.3) is 11.0 Å². The van der Waals surface area contributed by atoms with Crippen molar-refractivity contribution in [3.8, 4) is 5.75 Å². The zero-order valence-electron chi connectivity index (χ0n) is 16.0. The van der Waals surface area contributed by atoms with E-state index >= 15 is 0 Å². The van der Waals surface area contributed by atoms with Crippen LogP contribution in [0.5, 0.6) is 5.75 Å². The van der Waals surface area contributed by atoms with Crippen LogP contribution >= 0.6 is 0 Å². The minimum atomic E-state index is -0.389. The van der Waals surface area contributed by atoms with Crippen molar-refractivity contribution >= 4 is 16.9 Å². The van der Waals surface area contributed by atoms with Crippen LogP contribution in [0.2, 0.25) is 0 Å². The number of hydrogen-bond acceptors (Lipinski definition) is 6. The van der Waals surface area contributed by atoms with Crippen LogP contribution in [0.1, 0.15) is 18.1 Å². The first-order chi connectivity index (χ1) is 12.9. The van der Waals surface area contributed by atoms with Gasteiger partial charge in [-0.2, -0.15) is 0 Å². The van der Waals surface area contributed by atoms with Gasteiger partial charge in [0.1, 0.15) is 11.3 Å². The van der Waals surface area contributed by atoms with Crippen LogP contribution in [0.15, 0.2) is 27.4 Å². The first kappa shape index (κ1) is 19.4. The van der Waals surface area contributed by atoms with E-state index in [0.717, 1.165) is 23.1 Å². The number of benzene rings is 1. The van der Waals surface area contributed by atoms with E-state index in [2.05, 4.69) is 0 Å². The van der Waals surface area contributed by atoms with E-state index in [1.54, 1.807) is 11.0 Å². The molecule has 0 saturated carbocycles. The SMILES string of the molecule is CCc1cc(=O)oc2cc(C)cc(OCC(=O)N3CCN(C)C(CO)C3)c12. The molecular formula is C20H26N2O5. The summed E-state index contributed by atoms with van der Waals surface area (Å²) in [7, 11) is 1.94. The lowest BCUT2D eigenvalue weighted by atomic mass is 10.1. The molecule has 0 radical (unpaired) electrons. The van der Waals surface area contributed by atoms with Gasteiger partial charge in [-0.1, -0.05) is 6.92 Å². The number of carbonyl (C=O) groups excluding carboxylic acids is 1. The molecule has 146 valence electrons. The summed E-state index contributed by atoms with van der Waals surface area (Å²) in [6, 6.07) is 5.08. The van der Waals surface area contributed by atoms with E-state index < -0.39 is 0 Å². The zero-order chi connectivity index (χ0) is 19.6. The average molecular weight is 374 g/mol. The number of aliphatic hydroxyl groups excluding tert-OH is 1. The molecule has 0 bridgehead atoms. The highest BCUT2D eigenvalue weighted by atomic mass is 16.5. The number of ether oxygens (including phenoxy) is 1. The van der Waals surface area contributed by atoms with Crippen LogP contribution < -0.4 is 10.4 Å². The number of piperazine rings is 1. The Balaban J connectivity index is 1.81. The van der Waals surface area contributed by atoms with Gasteiger partial charge in [0.05, 0.1) is 18.0 Å². The minimum Gasteiger partial charge on any atom is -0.483 e. The molecule has 1 fully saturated rings. The van der Waals surface area contributed by atoms with Gasteiger partial charge in [0.2, 0.25) is 0 Å². The number of nitrogens with zero attached hydrogens (tertiary/aromatic N) is 2. The molecular weight excluding hydrogens is 348 g/mol. The topological polar surface area (TPSA) is 83.2 Å². The second kappa shape index (κ2) is 8.10. The van der Waals surface area contributed by atoms with Gasteiger partial charge in [0, 0.05) is 25.7 Å². The molecule has 2 heterocycles. The second-order valence-corrected chi connectivity index (χ2v) is 7.03.